The highest BCUT2D eigenvalue weighted by Crippen LogP contribution is 2.09. The van der Waals surface area contributed by atoms with E-state index in [1.807, 2.05) is 64.2 Å². The van der Waals surface area contributed by atoms with E-state index in [1.54, 1.807) is 12.1 Å². The van der Waals surface area contributed by atoms with Crippen LogP contribution in [0.2, 0.25) is 0 Å². The second-order valence-corrected chi connectivity index (χ2v) is 5.93. The molecule has 0 saturated heterocycles. The van der Waals surface area contributed by atoms with Gasteiger partial charge >= 0.3 is 0 Å². The van der Waals surface area contributed by atoms with Crippen LogP contribution in [0, 0.1) is 29.5 Å². The molecule has 116 valence electrons. The summed E-state index contributed by atoms with van der Waals surface area (Å²) in [7, 11) is 4.05. The Morgan fingerprint density at radius 1 is 0.560 bits per heavy atom. The summed E-state index contributed by atoms with van der Waals surface area (Å²) in [5, 5.41) is 0. The second-order valence-electron chi connectivity index (χ2n) is 5.93. The highest BCUT2D eigenvalue weighted by molar-refractivity contribution is 6.32. The van der Waals surface area contributed by atoms with Crippen LogP contribution in [0.4, 0.5) is 4.39 Å². The van der Waals surface area contributed by atoms with Gasteiger partial charge in [0.25, 0.3) is 0 Å². The molecule has 3 heteroatoms. The molecule has 3 rings (SSSR count). The Morgan fingerprint density at radius 2 is 1.00 bits per heavy atom. The minimum atomic E-state index is -0.352. The van der Waals surface area contributed by atoms with E-state index in [4.69, 9.17) is 0 Å². The number of rotatable bonds is 0. The molecule has 0 aliphatic carbocycles. The molecule has 0 heterocycles. The second kappa shape index (κ2) is 7.61. The van der Waals surface area contributed by atoms with Crippen molar-refractivity contribution in [3.63, 3.8) is 0 Å². The molecule has 0 radical (unpaired) electrons. The van der Waals surface area contributed by atoms with Gasteiger partial charge < -0.3 is 0 Å². The summed E-state index contributed by atoms with van der Waals surface area (Å²) < 4.78 is 14.2. The molecule has 0 atom stereocenters. The molecule has 0 amide bonds. The zero-order valence-electron chi connectivity index (χ0n) is 14.2. The number of hydrogen-bond acceptors (Lipinski definition) is 0. The fourth-order valence-electron chi connectivity index (χ4n) is 2.25. The van der Waals surface area contributed by atoms with E-state index in [1.165, 1.54) is 17.0 Å². The summed E-state index contributed by atoms with van der Waals surface area (Å²) in [4.78, 5) is 0. The molecule has 3 aromatic rings. The molecule has 0 saturated carbocycles. The van der Waals surface area contributed by atoms with Crippen LogP contribution in [0.1, 0.15) is 22.3 Å². The van der Waals surface area contributed by atoms with Crippen molar-refractivity contribution in [1.82, 2.24) is 0 Å². The number of halogens is 1. The molecule has 0 spiro atoms. The summed E-state index contributed by atoms with van der Waals surface area (Å²) in [5.74, 6) is 11.6. The molecule has 0 aliphatic rings. The van der Waals surface area contributed by atoms with E-state index in [2.05, 4.69) is 23.7 Å². The monoisotopic (exact) mass is 320 g/mol. The van der Waals surface area contributed by atoms with Crippen LogP contribution in [0.5, 0.6) is 0 Å². The molecule has 0 nitrogen and oxygen atoms in total. The minimum absolute atomic E-state index is 0.352. The van der Waals surface area contributed by atoms with Crippen molar-refractivity contribution in [2.75, 3.05) is 0 Å². The molecular weight excluding hydrogens is 305 g/mol. The van der Waals surface area contributed by atoms with Gasteiger partial charge in [0.2, 0.25) is 0 Å². The van der Waals surface area contributed by atoms with Crippen LogP contribution in [0.15, 0.2) is 66.7 Å². The van der Waals surface area contributed by atoms with Crippen LogP contribution in [0.25, 0.3) is 0 Å². The SMILES string of the molecule is Bc1ccc(C#Cc2ccc(C#Cc3ccc(B)cc3)c(F)c2)cc1. The molecule has 0 N–H and O–H groups in total. The Hall–Kier alpha value is -3.16. The first-order chi connectivity index (χ1) is 12.1. The van der Waals surface area contributed by atoms with Gasteiger partial charge in [-0.1, -0.05) is 58.9 Å². The molecule has 0 bridgehead atoms. The molecule has 3 aromatic carbocycles. The summed E-state index contributed by atoms with van der Waals surface area (Å²) in [6.07, 6.45) is 0. The first kappa shape index (κ1) is 16.7. The van der Waals surface area contributed by atoms with Crippen molar-refractivity contribution in [3.8, 4) is 23.7 Å². The summed E-state index contributed by atoms with van der Waals surface area (Å²) in [6.45, 7) is 0. The lowest BCUT2D eigenvalue weighted by atomic mass is 9.95. The zero-order chi connectivity index (χ0) is 17.6. The maximum atomic E-state index is 14.2. The van der Waals surface area contributed by atoms with Gasteiger partial charge in [-0.3, -0.25) is 0 Å². The average Bonchev–Trinajstić information content (AvgIpc) is 2.62. The van der Waals surface area contributed by atoms with Crippen LogP contribution < -0.4 is 10.9 Å². The molecule has 0 aromatic heterocycles. The molecule has 0 aliphatic heterocycles. The largest absolute Gasteiger partial charge is 0.206 e. The Kier molecular flexibility index (Phi) is 5.08. The normalized spacial score (nSPS) is 9.48. The Bertz CT molecular complexity index is 1010. The van der Waals surface area contributed by atoms with Crippen molar-refractivity contribution >= 4 is 26.6 Å². The van der Waals surface area contributed by atoms with E-state index < -0.39 is 0 Å². The lowest BCUT2D eigenvalue weighted by Gasteiger charge is -1.96. The van der Waals surface area contributed by atoms with Crippen LogP contribution >= 0.6 is 0 Å². The lowest BCUT2D eigenvalue weighted by molar-refractivity contribution is 0.624. The summed E-state index contributed by atoms with van der Waals surface area (Å²) in [5.41, 5.74) is 5.16. The fraction of sp³-hybridized carbons (Fsp3) is 0. The van der Waals surface area contributed by atoms with Gasteiger partial charge in [-0.15, -0.1) is 0 Å². The molecule has 0 fully saturated rings. The fourth-order valence-corrected chi connectivity index (χ4v) is 2.25. The Labute approximate surface area is 149 Å². The van der Waals surface area contributed by atoms with Gasteiger partial charge in [0.1, 0.15) is 21.5 Å². The average molecular weight is 320 g/mol. The third kappa shape index (κ3) is 4.66. The smallest absolute Gasteiger partial charge is 0.140 e. The van der Waals surface area contributed by atoms with Gasteiger partial charge in [0.05, 0.1) is 5.56 Å². The van der Waals surface area contributed by atoms with E-state index >= 15 is 0 Å². The predicted octanol–water partition coefficient (Wildman–Crippen LogP) is 1.14. The third-order valence-corrected chi connectivity index (χ3v) is 3.76. The predicted molar refractivity (Wildman–Crippen MR) is 108 cm³/mol. The van der Waals surface area contributed by atoms with E-state index in [0.29, 0.717) is 11.1 Å². The highest BCUT2D eigenvalue weighted by atomic mass is 19.1. The van der Waals surface area contributed by atoms with Gasteiger partial charge in [-0.05, 0) is 42.5 Å². The Balaban J connectivity index is 1.80. The molecular formula is C22H15B2F. The summed E-state index contributed by atoms with van der Waals surface area (Å²) >= 11 is 0. The zero-order valence-corrected chi connectivity index (χ0v) is 14.2. The van der Waals surface area contributed by atoms with Gasteiger partial charge in [-0.25, -0.2) is 4.39 Å². The van der Waals surface area contributed by atoms with Crippen LogP contribution in [-0.2, 0) is 0 Å². The van der Waals surface area contributed by atoms with Gasteiger partial charge in [0, 0.05) is 16.7 Å². The van der Waals surface area contributed by atoms with Crippen molar-refractivity contribution in [1.29, 1.82) is 0 Å². The Morgan fingerprint density at radius 3 is 1.52 bits per heavy atom. The quantitative estimate of drug-likeness (QED) is 0.431. The lowest BCUT2D eigenvalue weighted by Crippen LogP contribution is -1.99. The highest BCUT2D eigenvalue weighted by Gasteiger charge is 1.99. The maximum Gasteiger partial charge on any atom is 0.140 e. The number of benzene rings is 3. The van der Waals surface area contributed by atoms with E-state index in [0.717, 1.165) is 11.1 Å². The van der Waals surface area contributed by atoms with Crippen LogP contribution in [0.3, 0.4) is 0 Å². The van der Waals surface area contributed by atoms with Crippen molar-refractivity contribution in [2.24, 2.45) is 0 Å². The van der Waals surface area contributed by atoms with Gasteiger partial charge in [0.15, 0.2) is 0 Å². The topological polar surface area (TPSA) is 0 Å². The first-order valence-corrected chi connectivity index (χ1v) is 8.07. The van der Waals surface area contributed by atoms with E-state index in [-0.39, 0.29) is 5.82 Å². The number of hydrogen-bond donors (Lipinski definition) is 0. The molecule has 0 unspecified atom stereocenters. The summed E-state index contributed by atoms with van der Waals surface area (Å²) in [6, 6.07) is 20.7. The van der Waals surface area contributed by atoms with Crippen molar-refractivity contribution in [2.45, 2.75) is 0 Å². The van der Waals surface area contributed by atoms with Crippen molar-refractivity contribution in [3.05, 3.63) is 94.8 Å². The van der Waals surface area contributed by atoms with Gasteiger partial charge in [-0.2, -0.15) is 0 Å². The maximum absolute atomic E-state index is 14.2. The van der Waals surface area contributed by atoms with E-state index in [9.17, 15) is 4.39 Å². The standard InChI is InChI=1S/C22H15B2F/c23-20-11-5-16(6-12-20)1-2-18-4-10-19(22(25)15-18)9-3-17-7-13-21(24)14-8-17/h4-8,10-15H,23-24H2. The minimum Gasteiger partial charge on any atom is -0.206 e. The third-order valence-electron chi connectivity index (χ3n) is 3.76. The van der Waals surface area contributed by atoms with Crippen LogP contribution in [-0.4, -0.2) is 15.7 Å². The molecule has 25 heavy (non-hydrogen) atoms. The first-order valence-electron chi connectivity index (χ1n) is 8.07. The van der Waals surface area contributed by atoms with Crippen molar-refractivity contribution < 1.29 is 4.39 Å².